The van der Waals surface area contributed by atoms with Crippen LogP contribution in [0.2, 0.25) is 0 Å². The summed E-state index contributed by atoms with van der Waals surface area (Å²) in [6.07, 6.45) is 4.06. The van der Waals surface area contributed by atoms with Crippen molar-refractivity contribution in [3.8, 4) is 0 Å². The monoisotopic (exact) mass is 449 g/mol. The molecule has 2 aromatic rings. The van der Waals surface area contributed by atoms with E-state index in [0.29, 0.717) is 5.75 Å². The van der Waals surface area contributed by atoms with Crippen molar-refractivity contribution in [3.63, 3.8) is 0 Å². The van der Waals surface area contributed by atoms with Crippen molar-refractivity contribution in [2.24, 2.45) is 5.73 Å². The van der Waals surface area contributed by atoms with Gasteiger partial charge in [-0.25, -0.2) is 4.79 Å². The topological polar surface area (TPSA) is 166 Å². The summed E-state index contributed by atoms with van der Waals surface area (Å²) < 4.78 is 0. The summed E-state index contributed by atoms with van der Waals surface area (Å²) in [5.74, 6) is -2.27. The molecule has 31 heavy (non-hydrogen) atoms. The van der Waals surface area contributed by atoms with Gasteiger partial charge in [-0.1, -0.05) is 18.2 Å². The van der Waals surface area contributed by atoms with Gasteiger partial charge in [0.1, 0.15) is 12.1 Å². The summed E-state index contributed by atoms with van der Waals surface area (Å²) in [5.41, 5.74) is 7.07. The first-order valence-electron chi connectivity index (χ1n) is 9.69. The number of aromatic nitrogens is 1. The van der Waals surface area contributed by atoms with Gasteiger partial charge in [-0.15, -0.1) is 0 Å². The maximum atomic E-state index is 12.7. The first-order chi connectivity index (χ1) is 14.8. The Balaban J connectivity index is 2.01. The normalized spacial score (nSPS) is 12.7. The largest absolute Gasteiger partial charge is 0.480 e. The maximum absolute atomic E-state index is 12.7. The highest BCUT2D eigenvalue weighted by molar-refractivity contribution is 7.98. The molecule has 0 aliphatic rings. The van der Waals surface area contributed by atoms with Crippen molar-refractivity contribution in [1.82, 2.24) is 20.9 Å². The number of para-hydroxylation sites is 1. The highest BCUT2D eigenvalue weighted by atomic mass is 32.2. The molecule has 3 amide bonds. The molecule has 0 spiro atoms. The Kier molecular flexibility index (Phi) is 9.35. The van der Waals surface area contributed by atoms with Crippen molar-refractivity contribution in [2.75, 3.05) is 25.1 Å². The number of nitrogens with two attached hydrogens (primary N) is 1. The molecule has 2 rings (SSSR count). The predicted molar refractivity (Wildman–Crippen MR) is 119 cm³/mol. The molecule has 0 fully saturated rings. The van der Waals surface area contributed by atoms with Crippen molar-refractivity contribution < 1.29 is 24.3 Å². The Morgan fingerprint density at radius 1 is 1.13 bits per heavy atom. The highest BCUT2D eigenvalue weighted by Gasteiger charge is 2.24. The predicted octanol–water partition coefficient (Wildman–Crippen LogP) is -0.407. The van der Waals surface area contributed by atoms with E-state index >= 15 is 0 Å². The van der Waals surface area contributed by atoms with Crippen LogP contribution in [0.5, 0.6) is 0 Å². The number of fused-ring (bicyclic) bond motifs is 1. The van der Waals surface area contributed by atoms with Gasteiger partial charge in [0.25, 0.3) is 0 Å². The first kappa shape index (κ1) is 24.2. The molecule has 7 N–H and O–H groups in total. The molecule has 1 aromatic heterocycles. The zero-order valence-electron chi connectivity index (χ0n) is 17.1. The number of carboxylic acids is 1. The van der Waals surface area contributed by atoms with Gasteiger partial charge in [0.05, 0.1) is 13.1 Å². The van der Waals surface area contributed by atoms with E-state index < -0.39 is 42.3 Å². The second-order valence-electron chi connectivity index (χ2n) is 6.85. The summed E-state index contributed by atoms with van der Waals surface area (Å²) in [6, 6.07) is 5.56. The first-order valence-corrected chi connectivity index (χ1v) is 11.1. The number of rotatable bonds is 12. The van der Waals surface area contributed by atoms with Gasteiger partial charge >= 0.3 is 5.97 Å². The van der Waals surface area contributed by atoms with E-state index in [4.69, 9.17) is 5.73 Å². The van der Waals surface area contributed by atoms with E-state index in [1.807, 2.05) is 30.5 Å². The van der Waals surface area contributed by atoms with Crippen LogP contribution in [0.15, 0.2) is 30.5 Å². The van der Waals surface area contributed by atoms with E-state index in [1.165, 1.54) is 11.8 Å². The van der Waals surface area contributed by atoms with Crippen LogP contribution >= 0.6 is 11.8 Å². The molecule has 0 aliphatic carbocycles. The number of H-pyrrole nitrogens is 1. The minimum atomic E-state index is -1.14. The number of carbonyl (C=O) groups excluding carboxylic acids is 3. The van der Waals surface area contributed by atoms with Crippen molar-refractivity contribution >= 4 is 46.4 Å². The third-order valence-electron chi connectivity index (χ3n) is 4.60. The lowest BCUT2D eigenvalue weighted by Crippen LogP contribution is -2.52. The zero-order valence-corrected chi connectivity index (χ0v) is 18.0. The molecule has 168 valence electrons. The summed E-state index contributed by atoms with van der Waals surface area (Å²) >= 11 is 1.47. The van der Waals surface area contributed by atoms with Crippen LogP contribution < -0.4 is 21.7 Å². The summed E-state index contributed by atoms with van der Waals surface area (Å²) in [7, 11) is 0. The second kappa shape index (κ2) is 12.0. The van der Waals surface area contributed by atoms with Crippen LogP contribution in [0.1, 0.15) is 12.0 Å². The lowest BCUT2D eigenvalue weighted by molar-refractivity contribution is -0.141. The van der Waals surface area contributed by atoms with E-state index in [2.05, 4.69) is 20.9 Å². The number of thioether (sulfide) groups is 1. The Hall–Kier alpha value is -3.05. The number of aromatic amines is 1. The third-order valence-corrected chi connectivity index (χ3v) is 5.25. The van der Waals surface area contributed by atoms with Gasteiger partial charge < -0.3 is 31.8 Å². The minimum absolute atomic E-state index is 0.189. The quantitative estimate of drug-likeness (QED) is 0.256. The number of amides is 3. The number of hydrogen-bond donors (Lipinski definition) is 6. The van der Waals surface area contributed by atoms with Crippen LogP contribution in [-0.4, -0.2) is 71.0 Å². The zero-order chi connectivity index (χ0) is 22.8. The van der Waals surface area contributed by atoms with Crippen molar-refractivity contribution in [1.29, 1.82) is 0 Å². The fourth-order valence-electron chi connectivity index (χ4n) is 3.01. The third kappa shape index (κ3) is 7.30. The Morgan fingerprint density at radius 3 is 2.52 bits per heavy atom. The van der Waals surface area contributed by atoms with E-state index in [-0.39, 0.29) is 19.4 Å². The summed E-state index contributed by atoms with van der Waals surface area (Å²) in [5, 5.41) is 17.5. The number of benzene rings is 1. The van der Waals surface area contributed by atoms with E-state index in [0.717, 1.165) is 16.5 Å². The molecule has 0 saturated carbocycles. The average molecular weight is 450 g/mol. The van der Waals surface area contributed by atoms with Gasteiger partial charge in [0.15, 0.2) is 0 Å². The molecular weight excluding hydrogens is 422 g/mol. The molecule has 0 aliphatic heterocycles. The van der Waals surface area contributed by atoms with Gasteiger partial charge in [0, 0.05) is 23.5 Å². The molecule has 0 bridgehead atoms. The summed E-state index contributed by atoms with van der Waals surface area (Å²) in [4.78, 5) is 51.0. The Morgan fingerprint density at radius 2 is 1.84 bits per heavy atom. The molecule has 2 atom stereocenters. The number of carboxylic acid groups (broad SMARTS) is 1. The van der Waals surface area contributed by atoms with Crippen LogP contribution in [0.25, 0.3) is 10.9 Å². The standard InChI is InChI=1S/C20H27N5O5S/c1-31-7-6-15(20(29)30)24-18(27)11-23-19(28)16(25-17(26)9-21)8-12-10-22-14-5-3-2-4-13(12)14/h2-5,10,15-16,22H,6-9,11,21H2,1H3,(H,23,28)(H,24,27)(H,25,26)(H,29,30). The molecule has 1 aromatic carbocycles. The maximum Gasteiger partial charge on any atom is 0.326 e. The van der Waals surface area contributed by atoms with Crippen LogP contribution in [0.4, 0.5) is 0 Å². The number of aliphatic carboxylic acids is 1. The fourth-order valence-corrected chi connectivity index (χ4v) is 3.48. The Bertz CT molecular complexity index is 932. The Labute approximate surface area is 183 Å². The molecule has 11 heteroatoms. The van der Waals surface area contributed by atoms with E-state index in [9.17, 15) is 24.3 Å². The van der Waals surface area contributed by atoms with Gasteiger partial charge in [0.2, 0.25) is 17.7 Å². The second-order valence-corrected chi connectivity index (χ2v) is 7.83. The molecular formula is C20H27N5O5S. The lowest BCUT2D eigenvalue weighted by Gasteiger charge is -2.19. The molecule has 2 unspecified atom stereocenters. The van der Waals surface area contributed by atoms with Gasteiger partial charge in [-0.05, 0) is 30.1 Å². The highest BCUT2D eigenvalue weighted by Crippen LogP contribution is 2.19. The van der Waals surface area contributed by atoms with Crippen molar-refractivity contribution in [3.05, 3.63) is 36.0 Å². The number of hydrogen-bond acceptors (Lipinski definition) is 6. The SMILES string of the molecule is CSCCC(NC(=O)CNC(=O)C(Cc1c[nH]c2ccccc12)NC(=O)CN)C(=O)O. The number of carbonyl (C=O) groups is 4. The van der Waals surface area contributed by atoms with E-state index in [1.54, 1.807) is 6.20 Å². The van der Waals surface area contributed by atoms with Gasteiger partial charge in [-0.3, -0.25) is 14.4 Å². The van der Waals surface area contributed by atoms with Crippen LogP contribution in [0.3, 0.4) is 0 Å². The van der Waals surface area contributed by atoms with Crippen LogP contribution in [0, 0.1) is 0 Å². The smallest absolute Gasteiger partial charge is 0.326 e. The van der Waals surface area contributed by atoms with Crippen LogP contribution in [-0.2, 0) is 25.6 Å². The molecule has 1 heterocycles. The lowest BCUT2D eigenvalue weighted by atomic mass is 10.0. The summed E-state index contributed by atoms with van der Waals surface area (Å²) in [6.45, 7) is -0.696. The molecule has 0 saturated heterocycles. The van der Waals surface area contributed by atoms with Gasteiger partial charge in [-0.2, -0.15) is 11.8 Å². The number of nitrogens with one attached hydrogen (secondary N) is 4. The van der Waals surface area contributed by atoms with Crippen molar-refractivity contribution in [2.45, 2.75) is 24.9 Å². The molecule has 0 radical (unpaired) electrons. The fraction of sp³-hybridized carbons (Fsp3) is 0.400. The molecule has 10 nitrogen and oxygen atoms in total. The minimum Gasteiger partial charge on any atom is -0.480 e. The average Bonchev–Trinajstić information content (AvgIpc) is 3.17.